The molecule has 0 aromatic heterocycles. The Hall–Kier alpha value is -1.31. The highest BCUT2D eigenvalue weighted by molar-refractivity contribution is 5.82. The van der Waals surface area contributed by atoms with E-state index in [9.17, 15) is 4.79 Å². The van der Waals surface area contributed by atoms with Gasteiger partial charge in [-0.2, -0.15) is 0 Å². The molecule has 0 heterocycles. The molecule has 1 aromatic carbocycles. The van der Waals surface area contributed by atoms with E-state index in [1.54, 1.807) is 7.11 Å². The lowest BCUT2D eigenvalue weighted by atomic mass is 9.88. The SMILES string of the molecule is COc1ccc2c(c1C=O)CCCC2. The molecule has 0 atom stereocenters. The molecule has 1 aliphatic carbocycles. The van der Waals surface area contributed by atoms with Crippen molar-refractivity contribution in [3.8, 4) is 5.75 Å². The number of carbonyl (C=O) groups is 1. The van der Waals surface area contributed by atoms with Crippen molar-refractivity contribution in [1.82, 2.24) is 0 Å². The second kappa shape index (κ2) is 3.82. The Kier molecular flexibility index (Phi) is 2.53. The van der Waals surface area contributed by atoms with Gasteiger partial charge >= 0.3 is 0 Å². The molecule has 2 rings (SSSR count). The molecule has 0 fully saturated rings. The van der Waals surface area contributed by atoms with E-state index in [0.717, 1.165) is 24.7 Å². The maximum Gasteiger partial charge on any atom is 0.154 e. The summed E-state index contributed by atoms with van der Waals surface area (Å²) in [6.45, 7) is 0. The Morgan fingerprint density at radius 3 is 2.79 bits per heavy atom. The van der Waals surface area contributed by atoms with Crippen LogP contribution >= 0.6 is 0 Å². The second-order valence-corrected chi connectivity index (χ2v) is 3.64. The molecule has 0 spiro atoms. The third-order valence-electron chi connectivity index (χ3n) is 2.87. The number of methoxy groups -OCH3 is 1. The standard InChI is InChI=1S/C12H14O2/c1-14-12-7-6-9-4-2-3-5-10(9)11(12)8-13/h6-8H,2-5H2,1H3. The van der Waals surface area contributed by atoms with Crippen molar-refractivity contribution in [3.05, 3.63) is 28.8 Å². The van der Waals surface area contributed by atoms with Gasteiger partial charge in [-0.05, 0) is 42.9 Å². The molecule has 1 aliphatic rings. The number of carbonyl (C=O) groups excluding carboxylic acids is 1. The van der Waals surface area contributed by atoms with Crippen molar-refractivity contribution in [3.63, 3.8) is 0 Å². The molecule has 2 nitrogen and oxygen atoms in total. The molecule has 0 unspecified atom stereocenters. The molecule has 14 heavy (non-hydrogen) atoms. The van der Waals surface area contributed by atoms with Crippen LogP contribution in [0.3, 0.4) is 0 Å². The van der Waals surface area contributed by atoms with E-state index in [-0.39, 0.29) is 0 Å². The lowest BCUT2D eigenvalue weighted by Crippen LogP contribution is -2.07. The predicted molar refractivity (Wildman–Crippen MR) is 55.0 cm³/mol. The maximum absolute atomic E-state index is 11.0. The molecule has 0 saturated heterocycles. The molecule has 74 valence electrons. The summed E-state index contributed by atoms with van der Waals surface area (Å²) in [6, 6.07) is 3.98. The van der Waals surface area contributed by atoms with Crippen molar-refractivity contribution >= 4 is 6.29 Å². The zero-order valence-corrected chi connectivity index (χ0v) is 8.38. The number of hydrogen-bond acceptors (Lipinski definition) is 2. The smallest absolute Gasteiger partial charge is 0.154 e. The van der Waals surface area contributed by atoms with Crippen LogP contribution in [0.4, 0.5) is 0 Å². The average molecular weight is 190 g/mol. The van der Waals surface area contributed by atoms with E-state index >= 15 is 0 Å². The van der Waals surface area contributed by atoms with E-state index in [4.69, 9.17) is 4.74 Å². The van der Waals surface area contributed by atoms with Crippen LogP contribution in [0.2, 0.25) is 0 Å². The first-order valence-electron chi connectivity index (χ1n) is 5.00. The highest BCUT2D eigenvalue weighted by atomic mass is 16.5. The fraction of sp³-hybridized carbons (Fsp3) is 0.417. The monoisotopic (exact) mass is 190 g/mol. The highest BCUT2D eigenvalue weighted by Crippen LogP contribution is 2.29. The molecule has 2 heteroatoms. The van der Waals surface area contributed by atoms with Gasteiger partial charge in [0.1, 0.15) is 5.75 Å². The number of ether oxygens (including phenoxy) is 1. The van der Waals surface area contributed by atoms with E-state index in [1.165, 1.54) is 24.0 Å². The molecule has 0 radical (unpaired) electrons. The number of aldehydes is 1. The van der Waals surface area contributed by atoms with Crippen LogP contribution in [0, 0.1) is 0 Å². The molecular weight excluding hydrogens is 176 g/mol. The van der Waals surface area contributed by atoms with Gasteiger partial charge in [-0.1, -0.05) is 6.07 Å². The summed E-state index contributed by atoms with van der Waals surface area (Å²) in [7, 11) is 1.61. The molecule has 0 aliphatic heterocycles. The van der Waals surface area contributed by atoms with E-state index in [1.807, 2.05) is 6.07 Å². The minimum Gasteiger partial charge on any atom is -0.496 e. The van der Waals surface area contributed by atoms with Gasteiger partial charge in [-0.15, -0.1) is 0 Å². The number of benzene rings is 1. The van der Waals surface area contributed by atoms with Crippen molar-refractivity contribution in [1.29, 1.82) is 0 Å². The minimum atomic E-state index is 0.709. The molecule has 0 bridgehead atoms. The maximum atomic E-state index is 11.0. The van der Waals surface area contributed by atoms with Crippen LogP contribution in [0.15, 0.2) is 12.1 Å². The lowest BCUT2D eigenvalue weighted by Gasteiger charge is -2.18. The van der Waals surface area contributed by atoms with E-state index < -0.39 is 0 Å². The molecular formula is C12H14O2. The first-order valence-corrected chi connectivity index (χ1v) is 5.00. The van der Waals surface area contributed by atoms with Gasteiger partial charge in [0.2, 0.25) is 0 Å². The van der Waals surface area contributed by atoms with Crippen LogP contribution in [-0.2, 0) is 12.8 Å². The molecule has 0 saturated carbocycles. The highest BCUT2D eigenvalue weighted by Gasteiger charge is 2.16. The Morgan fingerprint density at radius 1 is 1.29 bits per heavy atom. The quantitative estimate of drug-likeness (QED) is 0.669. The lowest BCUT2D eigenvalue weighted by molar-refractivity contribution is 0.111. The van der Waals surface area contributed by atoms with Gasteiger partial charge in [0.15, 0.2) is 6.29 Å². The summed E-state index contributed by atoms with van der Waals surface area (Å²) in [5.41, 5.74) is 3.27. The largest absolute Gasteiger partial charge is 0.496 e. The second-order valence-electron chi connectivity index (χ2n) is 3.64. The van der Waals surface area contributed by atoms with Crippen LogP contribution in [0.1, 0.15) is 34.3 Å². The first-order chi connectivity index (χ1) is 6.86. The van der Waals surface area contributed by atoms with Crippen molar-refractivity contribution in [2.75, 3.05) is 7.11 Å². The first kappa shape index (κ1) is 9.25. The van der Waals surface area contributed by atoms with Crippen LogP contribution in [0.25, 0.3) is 0 Å². The number of fused-ring (bicyclic) bond motifs is 1. The molecule has 1 aromatic rings. The molecule has 0 N–H and O–H groups in total. The summed E-state index contributed by atoms with van der Waals surface area (Å²) in [5, 5.41) is 0. The van der Waals surface area contributed by atoms with Gasteiger partial charge < -0.3 is 4.74 Å². The van der Waals surface area contributed by atoms with Crippen LogP contribution < -0.4 is 4.74 Å². The molecule has 0 amide bonds. The predicted octanol–water partition coefficient (Wildman–Crippen LogP) is 2.39. The summed E-state index contributed by atoms with van der Waals surface area (Å²) in [5.74, 6) is 0.709. The van der Waals surface area contributed by atoms with Gasteiger partial charge in [-0.3, -0.25) is 4.79 Å². The van der Waals surface area contributed by atoms with Gasteiger partial charge in [0.25, 0.3) is 0 Å². The topological polar surface area (TPSA) is 26.3 Å². The van der Waals surface area contributed by atoms with Gasteiger partial charge in [0.05, 0.1) is 12.7 Å². The Morgan fingerprint density at radius 2 is 2.07 bits per heavy atom. The average Bonchev–Trinajstić information content (AvgIpc) is 2.27. The van der Waals surface area contributed by atoms with E-state index in [2.05, 4.69) is 6.07 Å². The number of aryl methyl sites for hydroxylation is 1. The fourth-order valence-corrected chi connectivity index (χ4v) is 2.14. The Bertz CT molecular complexity index is 356. The Balaban J connectivity index is 2.55. The van der Waals surface area contributed by atoms with Gasteiger partial charge in [-0.25, -0.2) is 0 Å². The number of rotatable bonds is 2. The summed E-state index contributed by atoms with van der Waals surface area (Å²) >= 11 is 0. The fourth-order valence-electron chi connectivity index (χ4n) is 2.14. The summed E-state index contributed by atoms with van der Waals surface area (Å²) in [4.78, 5) is 11.0. The summed E-state index contributed by atoms with van der Waals surface area (Å²) in [6.07, 6.45) is 5.45. The van der Waals surface area contributed by atoms with Crippen LogP contribution in [0.5, 0.6) is 5.75 Å². The van der Waals surface area contributed by atoms with E-state index in [0.29, 0.717) is 5.75 Å². The zero-order valence-electron chi connectivity index (χ0n) is 8.38. The number of hydrogen-bond donors (Lipinski definition) is 0. The zero-order chi connectivity index (χ0) is 9.97. The third-order valence-corrected chi connectivity index (χ3v) is 2.87. The summed E-state index contributed by atoms with van der Waals surface area (Å²) < 4.78 is 5.17. The van der Waals surface area contributed by atoms with Crippen molar-refractivity contribution in [2.24, 2.45) is 0 Å². The minimum absolute atomic E-state index is 0.709. The van der Waals surface area contributed by atoms with Crippen molar-refractivity contribution < 1.29 is 9.53 Å². The van der Waals surface area contributed by atoms with Crippen LogP contribution in [-0.4, -0.2) is 13.4 Å². The van der Waals surface area contributed by atoms with Gasteiger partial charge in [0, 0.05) is 0 Å². The Labute approximate surface area is 83.9 Å². The third kappa shape index (κ3) is 1.41. The normalized spacial score (nSPS) is 14.6. The van der Waals surface area contributed by atoms with Crippen molar-refractivity contribution in [2.45, 2.75) is 25.7 Å².